The van der Waals surface area contributed by atoms with E-state index in [1.165, 1.54) is 11.1 Å². The maximum Gasteiger partial charge on any atom is 0.189 e. The number of thioether (sulfide) groups is 1. The molecule has 3 unspecified atom stereocenters. The van der Waals surface area contributed by atoms with E-state index in [2.05, 4.69) is 81.6 Å². The van der Waals surface area contributed by atoms with Crippen molar-refractivity contribution in [3.8, 4) is 11.5 Å². The first-order valence-electron chi connectivity index (χ1n) is 11.6. The molecule has 1 fully saturated rings. The number of methoxy groups -OCH3 is 1. The predicted octanol–water partition coefficient (Wildman–Crippen LogP) is 4.41. The molecule has 174 valence electrons. The number of amidine groups is 1. The number of fused-ring (bicyclic) bond motifs is 3. The van der Waals surface area contributed by atoms with Crippen molar-refractivity contribution in [3.63, 3.8) is 0 Å². The van der Waals surface area contributed by atoms with Crippen molar-refractivity contribution in [3.05, 3.63) is 72.1 Å². The first-order valence-corrected chi connectivity index (χ1v) is 12.6. The molecule has 8 heteroatoms. The molecule has 0 amide bonds. The van der Waals surface area contributed by atoms with Crippen LogP contribution in [-0.4, -0.2) is 41.0 Å². The summed E-state index contributed by atoms with van der Waals surface area (Å²) in [4.78, 5) is 2.25. The van der Waals surface area contributed by atoms with Crippen LogP contribution < -0.4 is 20.3 Å². The Balaban J connectivity index is 1.17. The second kappa shape index (κ2) is 9.97. The Hall–Kier alpha value is -2.84. The van der Waals surface area contributed by atoms with Crippen LogP contribution in [0.25, 0.3) is 0 Å². The number of hydrazine groups is 1. The van der Waals surface area contributed by atoms with Gasteiger partial charge in [-0.25, -0.2) is 5.43 Å². The Kier molecular flexibility index (Phi) is 6.64. The molecule has 2 aromatic carbocycles. The highest BCUT2D eigenvalue weighted by atomic mass is 32.2. The van der Waals surface area contributed by atoms with Gasteiger partial charge in [-0.15, -0.1) is 0 Å². The number of hydrazone groups is 1. The zero-order valence-corrected chi connectivity index (χ0v) is 19.9. The normalized spacial score (nSPS) is 23.1. The molecule has 0 radical (unpaired) electrons. The quantitative estimate of drug-likeness (QED) is 0.560. The van der Waals surface area contributed by atoms with Crippen molar-refractivity contribution >= 4 is 16.9 Å². The van der Waals surface area contributed by atoms with Crippen LogP contribution in [0.15, 0.2) is 66.0 Å². The molecule has 3 aliphatic heterocycles. The maximum atomic E-state index is 5.81. The third-order valence-corrected chi connectivity index (χ3v) is 7.32. The largest absolute Gasteiger partial charge is 0.497 e. The van der Waals surface area contributed by atoms with E-state index in [-0.39, 0.29) is 12.2 Å². The maximum absolute atomic E-state index is 5.81. The molecule has 3 atom stereocenters. The van der Waals surface area contributed by atoms with Gasteiger partial charge in [0.2, 0.25) is 0 Å². The van der Waals surface area contributed by atoms with E-state index in [0.717, 1.165) is 48.3 Å². The third kappa shape index (κ3) is 4.77. The topological polar surface area (TPSA) is 61.4 Å². The summed E-state index contributed by atoms with van der Waals surface area (Å²) in [5.41, 5.74) is 9.54. The summed E-state index contributed by atoms with van der Waals surface area (Å²) in [5, 5.41) is 7.87. The lowest BCUT2D eigenvalue weighted by atomic mass is 10.00. The molecule has 5 rings (SSSR count). The van der Waals surface area contributed by atoms with Gasteiger partial charge in [-0.2, -0.15) is 5.10 Å². The van der Waals surface area contributed by atoms with Crippen molar-refractivity contribution < 1.29 is 9.47 Å². The van der Waals surface area contributed by atoms with Gasteiger partial charge < -0.3 is 19.4 Å². The minimum atomic E-state index is 0.127. The Morgan fingerprint density at radius 2 is 1.85 bits per heavy atom. The van der Waals surface area contributed by atoms with Crippen molar-refractivity contribution in [2.45, 2.75) is 50.2 Å². The Bertz CT molecular complexity index is 995. The van der Waals surface area contributed by atoms with Crippen molar-refractivity contribution in [2.24, 2.45) is 5.10 Å². The standard InChI is InChI=1S/C25H31N5O2S/c1-3-4-15-32-21-11-7-19(8-12-21)22-16-23-24-26-27-25(29(24)13-14-30(23)28-22)33-17-18-5-9-20(31-2)10-6-18/h5-14,22-24,26,28H,3-4,15-17H2,1-2H3. The number of hydrogen-bond acceptors (Lipinski definition) is 8. The zero-order valence-electron chi connectivity index (χ0n) is 19.1. The third-order valence-electron chi connectivity index (χ3n) is 6.28. The average molecular weight is 466 g/mol. The fraction of sp³-hybridized carbons (Fsp3) is 0.400. The molecule has 33 heavy (non-hydrogen) atoms. The van der Waals surface area contributed by atoms with Crippen LogP contribution in [0.4, 0.5) is 0 Å². The van der Waals surface area contributed by atoms with Gasteiger partial charge in [0, 0.05) is 18.2 Å². The van der Waals surface area contributed by atoms with Crippen molar-refractivity contribution in [1.29, 1.82) is 0 Å². The lowest BCUT2D eigenvalue weighted by Crippen LogP contribution is -2.54. The van der Waals surface area contributed by atoms with E-state index in [0.29, 0.717) is 6.04 Å². The van der Waals surface area contributed by atoms with Crippen LogP contribution in [0.2, 0.25) is 0 Å². The second-order valence-corrected chi connectivity index (χ2v) is 9.42. The molecule has 0 aromatic heterocycles. The lowest BCUT2D eigenvalue weighted by Gasteiger charge is -2.36. The van der Waals surface area contributed by atoms with Gasteiger partial charge in [0.05, 0.1) is 25.8 Å². The van der Waals surface area contributed by atoms with E-state index >= 15 is 0 Å². The molecule has 2 N–H and O–H groups in total. The van der Waals surface area contributed by atoms with Crippen LogP contribution in [-0.2, 0) is 5.75 Å². The van der Waals surface area contributed by atoms with Gasteiger partial charge in [-0.05, 0) is 48.2 Å². The van der Waals surface area contributed by atoms with E-state index in [9.17, 15) is 0 Å². The van der Waals surface area contributed by atoms with Gasteiger partial charge in [0.15, 0.2) is 5.17 Å². The van der Waals surface area contributed by atoms with E-state index in [4.69, 9.17) is 9.47 Å². The summed E-state index contributed by atoms with van der Waals surface area (Å²) < 4.78 is 11.1. The molecule has 1 saturated heterocycles. The molecule has 3 heterocycles. The van der Waals surface area contributed by atoms with Crippen LogP contribution >= 0.6 is 11.8 Å². The molecule has 0 aliphatic carbocycles. The van der Waals surface area contributed by atoms with Crippen LogP contribution in [0, 0.1) is 0 Å². The summed E-state index contributed by atoms with van der Waals surface area (Å²) in [6, 6.07) is 17.3. The highest BCUT2D eigenvalue weighted by Gasteiger charge is 2.44. The molecular weight excluding hydrogens is 434 g/mol. The van der Waals surface area contributed by atoms with Gasteiger partial charge >= 0.3 is 0 Å². The van der Waals surface area contributed by atoms with Crippen molar-refractivity contribution in [1.82, 2.24) is 20.8 Å². The van der Waals surface area contributed by atoms with Crippen LogP contribution in [0.5, 0.6) is 11.5 Å². The molecule has 2 aromatic rings. The monoisotopic (exact) mass is 465 g/mol. The number of ether oxygens (including phenoxy) is 2. The number of benzene rings is 2. The molecule has 0 saturated carbocycles. The Labute approximate surface area is 199 Å². The minimum Gasteiger partial charge on any atom is -0.497 e. The molecule has 0 spiro atoms. The molecule has 3 aliphatic rings. The summed E-state index contributed by atoms with van der Waals surface area (Å²) >= 11 is 1.75. The Morgan fingerprint density at radius 3 is 2.61 bits per heavy atom. The van der Waals surface area contributed by atoms with Crippen molar-refractivity contribution in [2.75, 3.05) is 13.7 Å². The van der Waals surface area contributed by atoms with Gasteiger partial charge in [0.1, 0.15) is 17.7 Å². The second-order valence-electron chi connectivity index (χ2n) is 8.47. The van der Waals surface area contributed by atoms with Crippen LogP contribution in [0.3, 0.4) is 0 Å². The molecule has 7 nitrogen and oxygen atoms in total. The SMILES string of the molecule is CCCCOc1ccc(C2CC3C4NN=C(SCc5ccc(OC)cc5)N4C=CN3N2)cc1. The fourth-order valence-corrected chi connectivity index (χ4v) is 5.30. The first kappa shape index (κ1) is 22.0. The Morgan fingerprint density at radius 1 is 1.06 bits per heavy atom. The highest BCUT2D eigenvalue weighted by Crippen LogP contribution is 2.36. The van der Waals surface area contributed by atoms with E-state index in [1.807, 2.05) is 12.1 Å². The van der Waals surface area contributed by atoms with E-state index < -0.39 is 0 Å². The zero-order chi connectivity index (χ0) is 22.6. The summed E-state index contributed by atoms with van der Waals surface area (Å²) in [5.74, 6) is 2.69. The lowest BCUT2D eigenvalue weighted by molar-refractivity contribution is 0.152. The first-order chi connectivity index (χ1) is 16.2. The number of rotatable bonds is 8. The number of nitrogens with zero attached hydrogens (tertiary/aromatic N) is 3. The predicted molar refractivity (Wildman–Crippen MR) is 133 cm³/mol. The van der Waals surface area contributed by atoms with Gasteiger partial charge in [-0.1, -0.05) is 49.4 Å². The van der Waals surface area contributed by atoms with Gasteiger partial charge in [-0.3, -0.25) is 5.43 Å². The molecular formula is C25H31N5O2S. The van der Waals surface area contributed by atoms with E-state index in [1.54, 1.807) is 18.9 Å². The van der Waals surface area contributed by atoms with Gasteiger partial charge in [0.25, 0.3) is 0 Å². The minimum absolute atomic E-state index is 0.127. The number of unbranched alkanes of at least 4 members (excludes halogenated alkanes) is 1. The number of hydrogen-bond donors (Lipinski definition) is 2. The number of nitrogens with one attached hydrogen (secondary N) is 2. The highest BCUT2D eigenvalue weighted by molar-refractivity contribution is 8.13. The summed E-state index contributed by atoms with van der Waals surface area (Å²) in [6.45, 7) is 2.95. The smallest absolute Gasteiger partial charge is 0.189 e. The summed E-state index contributed by atoms with van der Waals surface area (Å²) in [6.07, 6.45) is 7.60. The average Bonchev–Trinajstić information content (AvgIpc) is 3.48. The fourth-order valence-electron chi connectivity index (χ4n) is 4.37. The summed E-state index contributed by atoms with van der Waals surface area (Å²) in [7, 11) is 1.69. The molecule has 0 bridgehead atoms. The van der Waals surface area contributed by atoms with Crippen LogP contribution in [0.1, 0.15) is 43.4 Å².